The lowest BCUT2D eigenvalue weighted by molar-refractivity contribution is -0.162. The summed E-state index contributed by atoms with van der Waals surface area (Å²) in [5.41, 5.74) is -0.0529. The van der Waals surface area contributed by atoms with Crippen LogP contribution < -0.4 is 15.0 Å². The maximum atomic E-state index is 14.9. The van der Waals surface area contributed by atoms with Crippen molar-refractivity contribution in [3.05, 3.63) is 85.5 Å². The van der Waals surface area contributed by atoms with E-state index >= 15 is 0 Å². The Morgan fingerprint density at radius 2 is 1.82 bits per heavy atom. The summed E-state index contributed by atoms with van der Waals surface area (Å²) in [7, 11) is 1.56. The van der Waals surface area contributed by atoms with Crippen molar-refractivity contribution in [2.45, 2.75) is 88.8 Å². The number of ether oxygens (including phenoxy) is 3. The van der Waals surface area contributed by atoms with Crippen molar-refractivity contribution in [3.63, 3.8) is 0 Å². The normalized spacial score (nSPS) is 25.7. The van der Waals surface area contributed by atoms with Crippen molar-refractivity contribution < 1.29 is 38.5 Å². The van der Waals surface area contributed by atoms with Gasteiger partial charge in [-0.3, -0.25) is 19.2 Å². The molecule has 0 radical (unpaired) electrons. The van der Waals surface area contributed by atoms with Crippen LogP contribution in [0.5, 0.6) is 5.75 Å². The van der Waals surface area contributed by atoms with E-state index < -0.39 is 59.6 Å². The number of carbonyl (C=O) groups excluding carboxylic acids is 4. The molecule has 11 nitrogen and oxygen atoms in total. The molecule has 3 aliphatic rings. The molecule has 3 heterocycles. The zero-order valence-corrected chi connectivity index (χ0v) is 30.0. The number of nitrogens with one attached hydrogen (secondary N) is 1. The van der Waals surface area contributed by atoms with Gasteiger partial charge in [0.1, 0.15) is 23.5 Å². The molecule has 0 aromatic heterocycles. The minimum Gasteiger partial charge on any atom is -0.497 e. The smallest absolute Gasteiger partial charge is 0.313 e. The Kier molecular flexibility index (Phi) is 12.0. The number of methoxy groups -OCH3 is 1. The van der Waals surface area contributed by atoms with Crippen LogP contribution in [0.25, 0.3) is 0 Å². The van der Waals surface area contributed by atoms with E-state index in [4.69, 9.17) is 14.2 Å². The second-order valence-corrected chi connectivity index (χ2v) is 13.8. The van der Waals surface area contributed by atoms with Gasteiger partial charge in [-0.25, -0.2) is 0 Å². The third kappa shape index (κ3) is 7.19. The number of aliphatic hydroxyl groups excluding tert-OH is 1. The standard InChI is InChI=1S/C40H51N3O8/c1-7-10-16-32(45)41-26(5)35(27-14-12-11-13-15-27)50-39(48)33-31-21-22-40(51-31)34(33)37(46)43(30(24-44)25(4)9-3)36(40)38(47)42(23-8-2)28-17-19-29(49-6)20-18-28/h7-8,11-15,17-20,25-26,30-31,33-36,44H,1-2,9-10,16,21-24H2,3-6H3,(H,41,45)/t25-,26-,30-,31+,33-,34-,35-,36+,40-/m0/s1. The number of allylic oxidation sites excluding steroid dienone is 1. The summed E-state index contributed by atoms with van der Waals surface area (Å²) in [6, 6.07) is 13.8. The molecule has 11 heteroatoms. The first-order valence-electron chi connectivity index (χ1n) is 17.9. The van der Waals surface area contributed by atoms with Crippen LogP contribution in [-0.4, -0.2) is 83.8 Å². The van der Waals surface area contributed by atoms with E-state index in [1.165, 1.54) is 4.90 Å². The molecule has 274 valence electrons. The fourth-order valence-corrected chi connectivity index (χ4v) is 8.11. The van der Waals surface area contributed by atoms with Gasteiger partial charge in [-0.2, -0.15) is 0 Å². The predicted molar refractivity (Wildman–Crippen MR) is 193 cm³/mol. The number of anilines is 1. The topological polar surface area (TPSA) is 135 Å². The van der Waals surface area contributed by atoms with Crippen LogP contribution in [0.3, 0.4) is 0 Å². The highest BCUT2D eigenvalue weighted by molar-refractivity contribution is 6.05. The summed E-state index contributed by atoms with van der Waals surface area (Å²) in [6.07, 6.45) is 4.00. The molecule has 3 saturated heterocycles. The maximum Gasteiger partial charge on any atom is 0.313 e. The number of fused-ring (bicyclic) bond motifs is 1. The van der Waals surface area contributed by atoms with Crippen LogP contribution in [0, 0.1) is 17.8 Å². The number of amides is 3. The van der Waals surface area contributed by atoms with Gasteiger partial charge in [-0.1, -0.05) is 62.8 Å². The fourth-order valence-electron chi connectivity index (χ4n) is 8.11. The first-order chi connectivity index (χ1) is 24.6. The Morgan fingerprint density at radius 1 is 1.12 bits per heavy atom. The Morgan fingerprint density at radius 3 is 2.43 bits per heavy atom. The van der Waals surface area contributed by atoms with Gasteiger partial charge in [0.25, 0.3) is 5.91 Å². The molecule has 3 aliphatic heterocycles. The van der Waals surface area contributed by atoms with E-state index in [9.17, 15) is 24.3 Å². The van der Waals surface area contributed by atoms with Crippen molar-refractivity contribution in [3.8, 4) is 5.75 Å². The molecule has 2 bridgehead atoms. The first kappa shape index (κ1) is 37.8. The van der Waals surface area contributed by atoms with E-state index in [1.54, 1.807) is 55.4 Å². The lowest BCUT2D eigenvalue weighted by Crippen LogP contribution is -2.60. The highest BCUT2D eigenvalue weighted by Crippen LogP contribution is 2.59. The Balaban J connectivity index is 1.52. The van der Waals surface area contributed by atoms with Gasteiger partial charge in [0.2, 0.25) is 11.8 Å². The fraction of sp³-hybridized carbons (Fsp3) is 0.500. The molecular weight excluding hydrogens is 650 g/mol. The maximum absolute atomic E-state index is 14.9. The molecule has 0 saturated carbocycles. The number of nitrogens with zero attached hydrogens (tertiary/aromatic N) is 2. The van der Waals surface area contributed by atoms with Crippen molar-refractivity contribution in [2.75, 3.05) is 25.2 Å². The summed E-state index contributed by atoms with van der Waals surface area (Å²) in [5.74, 6) is -3.16. The van der Waals surface area contributed by atoms with Gasteiger partial charge >= 0.3 is 5.97 Å². The van der Waals surface area contributed by atoms with Gasteiger partial charge in [0.05, 0.1) is 43.7 Å². The van der Waals surface area contributed by atoms with Crippen LogP contribution in [0.1, 0.15) is 64.5 Å². The van der Waals surface area contributed by atoms with Gasteiger partial charge < -0.3 is 34.4 Å². The molecule has 2 aromatic carbocycles. The van der Waals surface area contributed by atoms with Gasteiger partial charge in [0.15, 0.2) is 0 Å². The second kappa shape index (κ2) is 16.2. The molecule has 5 rings (SSSR count). The van der Waals surface area contributed by atoms with E-state index in [-0.39, 0.29) is 37.3 Å². The largest absolute Gasteiger partial charge is 0.497 e. The molecule has 1 spiro atoms. The van der Waals surface area contributed by atoms with Crippen molar-refractivity contribution in [2.24, 2.45) is 17.8 Å². The molecular formula is C40H51N3O8. The zero-order chi connectivity index (χ0) is 36.9. The third-order valence-corrected chi connectivity index (χ3v) is 10.8. The molecule has 2 aromatic rings. The summed E-state index contributed by atoms with van der Waals surface area (Å²) in [4.78, 5) is 59.9. The highest BCUT2D eigenvalue weighted by Gasteiger charge is 2.76. The zero-order valence-electron chi connectivity index (χ0n) is 30.0. The van der Waals surface area contributed by atoms with Crippen LogP contribution in [0.15, 0.2) is 79.9 Å². The average molecular weight is 702 g/mol. The highest BCUT2D eigenvalue weighted by atomic mass is 16.6. The lowest BCUT2D eigenvalue weighted by atomic mass is 9.70. The number of aliphatic hydroxyl groups is 1. The van der Waals surface area contributed by atoms with Crippen molar-refractivity contribution in [1.29, 1.82) is 0 Å². The first-order valence-corrected chi connectivity index (χ1v) is 17.9. The summed E-state index contributed by atoms with van der Waals surface area (Å²) in [6.45, 7) is 13.0. The van der Waals surface area contributed by atoms with Gasteiger partial charge in [0, 0.05) is 18.7 Å². The number of likely N-dealkylation sites (tertiary alicyclic amines) is 1. The molecule has 0 aliphatic carbocycles. The van der Waals surface area contributed by atoms with Crippen LogP contribution >= 0.6 is 0 Å². The van der Waals surface area contributed by atoms with Crippen LogP contribution in [0.4, 0.5) is 5.69 Å². The Hall–Kier alpha value is -4.48. The molecule has 3 fully saturated rings. The number of rotatable bonds is 17. The molecule has 0 unspecified atom stereocenters. The minimum absolute atomic E-state index is 0.154. The minimum atomic E-state index is -1.32. The van der Waals surface area contributed by atoms with Gasteiger partial charge in [-0.05, 0) is 61.9 Å². The van der Waals surface area contributed by atoms with E-state index in [0.29, 0.717) is 42.7 Å². The molecule has 51 heavy (non-hydrogen) atoms. The second-order valence-electron chi connectivity index (χ2n) is 13.8. The van der Waals surface area contributed by atoms with E-state index in [1.807, 2.05) is 44.2 Å². The molecule has 3 amide bonds. The lowest BCUT2D eigenvalue weighted by Gasteiger charge is -2.40. The number of hydrogen-bond donors (Lipinski definition) is 2. The Bertz CT molecular complexity index is 1580. The van der Waals surface area contributed by atoms with E-state index in [0.717, 1.165) is 0 Å². The number of carbonyl (C=O) groups is 4. The molecule has 2 N–H and O–H groups in total. The molecule has 9 atom stereocenters. The monoisotopic (exact) mass is 701 g/mol. The predicted octanol–water partition coefficient (Wildman–Crippen LogP) is 4.75. The van der Waals surface area contributed by atoms with Gasteiger partial charge in [-0.15, -0.1) is 13.2 Å². The number of hydrogen-bond acceptors (Lipinski definition) is 8. The van der Waals surface area contributed by atoms with Crippen molar-refractivity contribution in [1.82, 2.24) is 10.2 Å². The number of benzene rings is 2. The summed E-state index contributed by atoms with van der Waals surface area (Å²) in [5, 5.41) is 13.7. The average Bonchev–Trinajstić information content (AvgIpc) is 3.79. The van der Waals surface area contributed by atoms with E-state index in [2.05, 4.69) is 18.5 Å². The summed E-state index contributed by atoms with van der Waals surface area (Å²) < 4.78 is 18.3. The van der Waals surface area contributed by atoms with Crippen molar-refractivity contribution >= 4 is 29.4 Å². The SMILES string of the molecule is C=CCCC(=O)N[C@@H](C)[C@H](OC(=O)[C@@H]1[C@H]2C(=O)N([C@@H](CO)[C@@H](C)CC)[C@H](C(=O)N(CC=C)c3ccc(OC)cc3)[C@]23CC[C@H]1O3)c1ccccc1. The van der Waals surface area contributed by atoms with Crippen LogP contribution in [0.2, 0.25) is 0 Å². The third-order valence-electron chi connectivity index (χ3n) is 10.8. The summed E-state index contributed by atoms with van der Waals surface area (Å²) >= 11 is 0. The Labute approximate surface area is 300 Å². The number of esters is 1. The quantitative estimate of drug-likeness (QED) is 0.178. The van der Waals surface area contributed by atoms with Crippen LogP contribution in [-0.2, 0) is 28.7 Å².